The zero-order valence-electron chi connectivity index (χ0n) is 54.4. The predicted molar refractivity (Wildman–Crippen MR) is 350 cm³/mol. The summed E-state index contributed by atoms with van der Waals surface area (Å²) in [6.07, 6.45) is -0.708. The van der Waals surface area contributed by atoms with Crippen LogP contribution in [0.25, 0.3) is 0 Å². The highest BCUT2D eigenvalue weighted by molar-refractivity contribution is 6.30. The summed E-state index contributed by atoms with van der Waals surface area (Å²) in [7, 11) is 0. The van der Waals surface area contributed by atoms with Crippen molar-refractivity contribution in [1.29, 1.82) is 0 Å². The van der Waals surface area contributed by atoms with Crippen molar-refractivity contribution in [3.05, 3.63) is 64.7 Å². The summed E-state index contributed by atoms with van der Waals surface area (Å²) < 4.78 is 0. The van der Waals surface area contributed by atoms with Gasteiger partial charge < -0.3 is 102 Å². The maximum Gasteiger partial charge on any atom is 0.245 e. The highest BCUT2D eigenvalue weighted by atomic mass is 35.5. The monoisotopic (exact) mass is 1370 g/mol. The molecule has 2 heterocycles. The molecule has 13 amide bonds. The van der Waals surface area contributed by atoms with Crippen molar-refractivity contribution in [1.82, 2.24) is 63.4 Å². The maximum atomic E-state index is 14.7. The first kappa shape index (κ1) is 78.6. The van der Waals surface area contributed by atoms with Crippen molar-refractivity contribution < 1.29 is 72.5 Å². The van der Waals surface area contributed by atoms with Crippen molar-refractivity contribution in [2.75, 3.05) is 32.8 Å². The third-order valence-corrected chi connectivity index (χ3v) is 15.6. The molecule has 2 fully saturated rings. The molecule has 2 aromatic carbocycles. The van der Waals surface area contributed by atoms with Crippen LogP contribution >= 0.6 is 11.6 Å². The average molecular weight is 1370 g/mol. The van der Waals surface area contributed by atoms with Crippen LogP contribution < -0.4 is 87.2 Å². The van der Waals surface area contributed by atoms with Gasteiger partial charge in [0.15, 0.2) is 11.9 Å². The fourth-order valence-corrected chi connectivity index (χ4v) is 10.4. The summed E-state index contributed by atoms with van der Waals surface area (Å²) in [4.78, 5) is 188. The molecule has 2 aliphatic heterocycles. The number of primary amides is 1. The van der Waals surface area contributed by atoms with Gasteiger partial charge in [0.05, 0.1) is 13.0 Å². The van der Waals surface area contributed by atoms with Crippen LogP contribution in [0.5, 0.6) is 5.75 Å². The van der Waals surface area contributed by atoms with Crippen LogP contribution in [0.3, 0.4) is 0 Å². The van der Waals surface area contributed by atoms with E-state index in [-0.39, 0.29) is 114 Å². The van der Waals surface area contributed by atoms with Crippen LogP contribution in [0.15, 0.2) is 58.5 Å². The summed E-state index contributed by atoms with van der Waals surface area (Å²) in [5, 5.41) is 49.3. The molecule has 528 valence electrons. The Kier molecular flexibility index (Phi) is 32.0. The first-order chi connectivity index (χ1) is 45.3. The van der Waals surface area contributed by atoms with Crippen LogP contribution in [0.2, 0.25) is 5.02 Å². The van der Waals surface area contributed by atoms with Crippen molar-refractivity contribution in [3.8, 4) is 5.75 Å². The molecule has 0 saturated carbocycles. The maximum absolute atomic E-state index is 14.7. The van der Waals surface area contributed by atoms with Crippen LogP contribution in [-0.2, 0) is 75.2 Å². The number of carbonyl (C=O) groups excluding carboxylic acids is 13. The van der Waals surface area contributed by atoms with E-state index in [1.807, 2.05) is 0 Å². The van der Waals surface area contributed by atoms with Gasteiger partial charge in [-0.1, -0.05) is 49.7 Å². The fourth-order valence-electron chi connectivity index (χ4n) is 10.3. The Labute approximate surface area is 560 Å². The SMILES string of the molecule is CC(=O)N[C@H]1CC(=O)N[C@@H](C)C(=O)N[C@@H](C(=O)N[C@@H](CO)C(=O)N[C@@H](Cc2ccc(O)cc2)C(=O)N[C@H](CCCN=C(N)N)C(=O)N[C@H](CC(C)C)C(=O)N[C@@H](CCCN=C(N)N)C(=O)N2CCC[C@H]2C(=O)N[C@H](C)C(N)=O)CCCNC(=O)[C@@H](Cc2ccc(Cl)cc2)NC1=O. The van der Waals surface area contributed by atoms with Crippen molar-refractivity contribution in [2.24, 2.45) is 44.6 Å². The number of phenolic OH excluding ortho intramolecular Hbond substituents is 1. The molecule has 34 nitrogen and oxygen atoms in total. The molecular formula is C61H92ClN19O15. The van der Waals surface area contributed by atoms with Crippen molar-refractivity contribution >= 4 is 100 Å². The lowest BCUT2D eigenvalue weighted by Gasteiger charge is -2.31. The van der Waals surface area contributed by atoms with Gasteiger partial charge in [0.1, 0.15) is 72.2 Å². The van der Waals surface area contributed by atoms with Crippen LogP contribution in [0.1, 0.15) is 110 Å². The van der Waals surface area contributed by atoms with Crippen LogP contribution in [0.4, 0.5) is 0 Å². The van der Waals surface area contributed by atoms with Gasteiger partial charge >= 0.3 is 0 Å². The number of amides is 13. The van der Waals surface area contributed by atoms with Gasteiger partial charge in [0.25, 0.3) is 0 Å². The number of hydrogen-bond acceptors (Lipinski definition) is 17. The minimum atomic E-state index is -1.85. The van der Waals surface area contributed by atoms with E-state index in [0.29, 0.717) is 22.6 Å². The average Bonchev–Trinajstić information content (AvgIpc) is 1.59. The fraction of sp³-hybridized carbons (Fsp3) is 0.557. The summed E-state index contributed by atoms with van der Waals surface area (Å²) in [6.45, 7) is 6.20. The number of guanidine groups is 2. The third kappa shape index (κ3) is 26.9. The third-order valence-electron chi connectivity index (χ3n) is 15.4. The van der Waals surface area contributed by atoms with Crippen molar-refractivity contribution in [2.45, 2.75) is 178 Å². The van der Waals surface area contributed by atoms with E-state index in [1.54, 1.807) is 38.1 Å². The molecule has 11 atom stereocenters. The number of halogens is 1. The minimum Gasteiger partial charge on any atom is -0.508 e. The van der Waals surface area contributed by atoms with Crippen LogP contribution in [-0.4, -0.2) is 203 Å². The van der Waals surface area contributed by atoms with E-state index in [1.165, 1.54) is 43.0 Å². The Bertz CT molecular complexity index is 3130. The van der Waals surface area contributed by atoms with Crippen LogP contribution in [0, 0.1) is 5.92 Å². The molecule has 35 heteroatoms. The number of nitrogens with two attached hydrogens (primary N) is 5. The number of rotatable bonds is 30. The summed E-state index contributed by atoms with van der Waals surface area (Å²) >= 11 is 6.08. The second-order valence-corrected chi connectivity index (χ2v) is 24.3. The molecule has 2 saturated heterocycles. The van der Waals surface area contributed by atoms with E-state index in [9.17, 15) is 72.5 Å². The number of carbonyl (C=O) groups is 13. The normalized spacial score (nSPS) is 19.7. The second-order valence-electron chi connectivity index (χ2n) is 23.8. The number of benzene rings is 2. The Morgan fingerprint density at radius 3 is 1.81 bits per heavy atom. The highest BCUT2D eigenvalue weighted by Crippen LogP contribution is 2.21. The molecule has 0 spiro atoms. The Morgan fingerprint density at radius 1 is 0.656 bits per heavy atom. The summed E-state index contributed by atoms with van der Waals surface area (Å²) in [6, 6.07) is -3.49. The molecule has 0 radical (unpaired) electrons. The lowest BCUT2D eigenvalue weighted by molar-refractivity contribution is -0.142. The zero-order valence-corrected chi connectivity index (χ0v) is 55.1. The highest BCUT2D eigenvalue weighted by Gasteiger charge is 2.40. The number of nitrogens with zero attached hydrogens (tertiary/aromatic N) is 3. The van der Waals surface area contributed by atoms with Gasteiger partial charge in [-0.25, -0.2) is 0 Å². The molecule has 0 bridgehead atoms. The molecule has 4 rings (SSSR count). The number of likely N-dealkylation sites (tertiary alicyclic amines) is 1. The van der Waals surface area contributed by atoms with E-state index in [0.717, 1.165) is 6.92 Å². The molecule has 0 aliphatic carbocycles. The Hall–Kier alpha value is -9.86. The van der Waals surface area contributed by atoms with E-state index < -0.39 is 156 Å². The number of hydrogen-bond donors (Lipinski definition) is 18. The van der Waals surface area contributed by atoms with Crippen molar-refractivity contribution in [3.63, 3.8) is 0 Å². The van der Waals surface area contributed by atoms with Gasteiger partial charge in [0, 0.05) is 51.0 Å². The smallest absolute Gasteiger partial charge is 0.245 e. The molecule has 2 aromatic rings. The second kappa shape index (κ2) is 39.1. The van der Waals surface area contributed by atoms with Gasteiger partial charge in [-0.2, -0.15) is 0 Å². The number of aliphatic imine (C=N–C) groups is 2. The minimum absolute atomic E-state index is 0.0139. The lowest BCUT2D eigenvalue weighted by atomic mass is 10.0. The number of phenols is 1. The standard InChI is InChI=1S/C61H92ClN19O15/c1-31(2)26-42(54(91)76-41(12-8-24-70-61(66)67)59(96)81-25-9-13-47(81)58(95)72-32(3)49(63)86)77-52(89)40(11-7-23-69-60(64)65)75-55(92)44(28-36-16-20-38(84)21-17-36)79-57(94)46(30-82)80-53(90)39-10-6-22-68-51(88)43(27-35-14-18-37(62)19-15-35)78-56(93)45(73-34(5)83)29-48(85)71-33(4)50(87)74-39/h14-21,31-33,39-47,82,84H,6-13,22-30H2,1-5H3,(H2,63,86)(H,68,88)(H,71,85)(H,72,95)(H,73,83)(H,74,87)(H,75,92)(H,76,91)(H,77,89)(H,78,93)(H,79,94)(H,80,90)(H4,64,65,69)(H4,66,67,70)/t32-,33+,39-,40-,41+,42-,43-,44+,45+,46+,47+/m1/s1. The van der Waals surface area contributed by atoms with Gasteiger partial charge in [-0.15, -0.1) is 0 Å². The van der Waals surface area contributed by atoms with Gasteiger partial charge in [0.2, 0.25) is 76.8 Å². The number of aliphatic hydroxyl groups excluding tert-OH is 1. The predicted octanol–water partition coefficient (Wildman–Crippen LogP) is -5.34. The first-order valence-electron chi connectivity index (χ1n) is 31.5. The Morgan fingerprint density at radius 2 is 1.22 bits per heavy atom. The zero-order chi connectivity index (χ0) is 71.3. The quantitative estimate of drug-likeness (QED) is 0.0197. The molecule has 0 unspecified atom stereocenters. The Balaban J connectivity index is 1.63. The molecule has 23 N–H and O–H groups in total. The van der Waals surface area contributed by atoms with Gasteiger partial charge in [-0.3, -0.25) is 72.3 Å². The summed E-state index contributed by atoms with van der Waals surface area (Å²) in [5.41, 5.74) is 28.6. The molecular weight excluding hydrogens is 1270 g/mol. The molecule has 2 aliphatic rings. The lowest BCUT2D eigenvalue weighted by Crippen LogP contribution is -2.61. The number of nitrogens with one attached hydrogen (secondary N) is 11. The van der Waals surface area contributed by atoms with E-state index in [4.69, 9.17) is 40.3 Å². The number of aliphatic hydroxyl groups is 1. The summed E-state index contributed by atoms with van der Waals surface area (Å²) in [5.74, 6) is -12.0. The van der Waals surface area contributed by atoms with Gasteiger partial charge in [-0.05, 0) is 113 Å². The topological polar surface area (TPSA) is 553 Å². The van der Waals surface area contributed by atoms with E-state index >= 15 is 0 Å². The molecule has 0 aromatic heterocycles. The largest absolute Gasteiger partial charge is 0.508 e. The van der Waals surface area contributed by atoms with E-state index in [2.05, 4.69) is 68.5 Å². The first-order valence-corrected chi connectivity index (χ1v) is 31.8. The molecule has 96 heavy (non-hydrogen) atoms. The number of aromatic hydroxyl groups is 1.